The second-order valence-corrected chi connectivity index (χ2v) is 5.08. The zero-order chi connectivity index (χ0) is 12.8. The van der Waals surface area contributed by atoms with Crippen LogP contribution in [0.4, 0.5) is 0 Å². The molecule has 1 aliphatic carbocycles. The van der Waals surface area contributed by atoms with Crippen LogP contribution in [-0.4, -0.2) is 19.0 Å². The summed E-state index contributed by atoms with van der Waals surface area (Å²) in [5, 5.41) is 7.40. The van der Waals surface area contributed by atoms with E-state index < -0.39 is 0 Å². The maximum atomic E-state index is 5.86. The second-order valence-electron chi connectivity index (χ2n) is 4.65. The van der Waals surface area contributed by atoms with Crippen molar-refractivity contribution in [2.24, 2.45) is 10.9 Å². The quantitative estimate of drug-likeness (QED) is 0.457. The first-order chi connectivity index (χ1) is 8.78. The molecule has 0 aliphatic heterocycles. The number of nitrogens with one attached hydrogen (secondary N) is 2. The van der Waals surface area contributed by atoms with Crippen molar-refractivity contribution in [1.29, 1.82) is 0 Å². The summed E-state index contributed by atoms with van der Waals surface area (Å²) < 4.78 is 0. The summed E-state index contributed by atoms with van der Waals surface area (Å²) in [6, 6.07) is 7.82. The number of guanidine groups is 1. The summed E-state index contributed by atoms with van der Waals surface area (Å²) >= 11 is 5.86. The Morgan fingerprint density at radius 3 is 2.53 bits per heavy atom. The van der Waals surface area contributed by atoms with Crippen LogP contribution in [-0.2, 0) is 6.54 Å². The Morgan fingerprint density at radius 2 is 1.95 bits per heavy atom. The molecule has 0 atom stereocenters. The predicted molar refractivity (Wildman–Crippen MR) is 92.4 cm³/mol. The molecular formula is C14H21ClIN3. The monoisotopic (exact) mass is 393 g/mol. The summed E-state index contributed by atoms with van der Waals surface area (Å²) in [6.07, 6.45) is 2.70. The van der Waals surface area contributed by atoms with Gasteiger partial charge in [0.25, 0.3) is 0 Å². The van der Waals surface area contributed by atoms with Gasteiger partial charge in [0.2, 0.25) is 0 Å². The van der Waals surface area contributed by atoms with E-state index in [1.807, 2.05) is 24.3 Å². The topological polar surface area (TPSA) is 36.4 Å². The molecule has 5 heteroatoms. The van der Waals surface area contributed by atoms with E-state index in [4.69, 9.17) is 11.6 Å². The molecule has 0 aromatic heterocycles. The van der Waals surface area contributed by atoms with Gasteiger partial charge in [0.15, 0.2) is 5.96 Å². The fourth-order valence-electron chi connectivity index (χ4n) is 1.66. The molecule has 0 spiro atoms. The van der Waals surface area contributed by atoms with Gasteiger partial charge in [-0.2, -0.15) is 0 Å². The van der Waals surface area contributed by atoms with Crippen molar-refractivity contribution in [2.45, 2.75) is 26.3 Å². The molecule has 0 amide bonds. The molecule has 2 N–H and O–H groups in total. The van der Waals surface area contributed by atoms with Crippen molar-refractivity contribution < 1.29 is 0 Å². The van der Waals surface area contributed by atoms with Crippen LogP contribution in [0.5, 0.6) is 0 Å². The lowest BCUT2D eigenvalue weighted by molar-refractivity contribution is 0.739. The molecule has 19 heavy (non-hydrogen) atoms. The minimum absolute atomic E-state index is 0. The van der Waals surface area contributed by atoms with Crippen molar-refractivity contribution in [3.63, 3.8) is 0 Å². The molecule has 0 heterocycles. The summed E-state index contributed by atoms with van der Waals surface area (Å²) in [7, 11) is 0. The lowest BCUT2D eigenvalue weighted by atomic mass is 10.2. The van der Waals surface area contributed by atoms with E-state index in [9.17, 15) is 0 Å². The van der Waals surface area contributed by atoms with E-state index in [1.165, 1.54) is 18.4 Å². The molecule has 0 unspecified atom stereocenters. The molecule has 1 aliphatic rings. The first-order valence-electron chi connectivity index (χ1n) is 6.54. The number of hydrogen-bond donors (Lipinski definition) is 2. The van der Waals surface area contributed by atoms with Crippen molar-refractivity contribution in [3.05, 3.63) is 34.9 Å². The smallest absolute Gasteiger partial charge is 0.191 e. The van der Waals surface area contributed by atoms with Gasteiger partial charge in [0.1, 0.15) is 0 Å². The van der Waals surface area contributed by atoms with Crippen LogP contribution < -0.4 is 10.6 Å². The Balaban J connectivity index is 0.00000180. The van der Waals surface area contributed by atoms with Crippen molar-refractivity contribution >= 4 is 41.5 Å². The van der Waals surface area contributed by atoms with Gasteiger partial charge in [-0.05, 0) is 43.4 Å². The Kier molecular flexibility index (Phi) is 7.53. The molecule has 1 fully saturated rings. The third-order valence-electron chi connectivity index (χ3n) is 2.93. The van der Waals surface area contributed by atoms with E-state index in [0.29, 0.717) is 6.54 Å². The van der Waals surface area contributed by atoms with Gasteiger partial charge in [-0.25, -0.2) is 4.99 Å². The molecule has 0 saturated heterocycles. The molecule has 0 bridgehead atoms. The van der Waals surface area contributed by atoms with E-state index >= 15 is 0 Å². The number of benzene rings is 1. The van der Waals surface area contributed by atoms with Crippen LogP contribution in [0.1, 0.15) is 25.3 Å². The summed E-state index contributed by atoms with van der Waals surface area (Å²) in [5.74, 6) is 1.75. The van der Waals surface area contributed by atoms with E-state index in [0.717, 1.165) is 30.0 Å². The minimum atomic E-state index is 0. The van der Waals surface area contributed by atoms with Crippen LogP contribution >= 0.6 is 35.6 Å². The zero-order valence-electron chi connectivity index (χ0n) is 11.2. The first kappa shape index (κ1) is 16.6. The predicted octanol–water partition coefficient (Wildman–Crippen LogP) is 3.42. The third-order valence-corrected chi connectivity index (χ3v) is 3.18. The highest BCUT2D eigenvalue weighted by Gasteiger charge is 2.20. The van der Waals surface area contributed by atoms with Gasteiger partial charge in [-0.1, -0.05) is 23.7 Å². The van der Waals surface area contributed by atoms with Gasteiger partial charge < -0.3 is 10.6 Å². The molecule has 2 rings (SSSR count). The molecule has 3 nitrogen and oxygen atoms in total. The van der Waals surface area contributed by atoms with E-state index in [1.54, 1.807) is 0 Å². The Hall–Kier alpha value is -0.490. The highest BCUT2D eigenvalue weighted by atomic mass is 127. The largest absolute Gasteiger partial charge is 0.357 e. The van der Waals surface area contributed by atoms with Gasteiger partial charge in [-0.15, -0.1) is 24.0 Å². The van der Waals surface area contributed by atoms with Gasteiger partial charge in [-0.3, -0.25) is 0 Å². The summed E-state index contributed by atoms with van der Waals surface area (Å²) in [6.45, 7) is 4.68. The van der Waals surface area contributed by atoms with Gasteiger partial charge in [0.05, 0.1) is 6.54 Å². The van der Waals surface area contributed by atoms with Crippen LogP contribution in [0.3, 0.4) is 0 Å². The third kappa shape index (κ3) is 6.47. The number of hydrogen-bond acceptors (Lipinski definition) is 1. The van der Waals surface area contributed by atoms with Crippen LogP contribution in [0.15, 0.2) is 29.3 Å². The fourth-order valence-corrected chi connectivity index (χ4v) is 1.79. The molecule has 1 saturated carbocycles. The maximum absolute atomic E-state index is 5.86. The Bertz CT molecular complexity index is 402. The lowest BCUT2D eigenvalue weighted by Gasteiger charge is -2.10. The Morgan fingerprint density at radius 1 is 1.26 bits per heavy atom. The minimum Gasteiger partial charge on any atom is -0.357 e. The molecular weight excluding hydrogens is 373 g/mol. The van der Waals surface area contributed by atoms with Crippen LogP contribution in [0.2, 0.25) is 5.02 Å². The standard InChI is InChI=1S/C14H20ClN3.HI/c1-2-16-14(17-9-11-3-4-11)18-10-12-5-7-13(15)8-6-12;/h5-8,11H,2-4,9-10H2,1H3,(H2,16,17,18);1H. The number of halogens is 2. The summed E-state index contributed by atoms with van der Waals surface area (Å²) in [5.41, 5.74) is 1.17. The highest BCUT2D eigenvalue weighted by molar-refractivity contribution is 14.0. The number of nitrogens with zero attached hydrogens (tertiary/aromatic N) is 1. The molecule has 1 aromatic carbocycles. The highest BCUT2D eigenvalue weighted by Crippen LogP contribution is 2.27. The second kappa shape index (κ2) is 8.64. The van der Waals surface area contributed by atoms with Gasteiger partial charge >= 0.3 is 0 Å². The maximum Gasteiger partial charge on any atom is 0.191 e. The van der Waals surface area contributed by atoms with Gasteiger partial charge in [0, 0.05) is 18.1 Å². The fraction of sp³-hybridized carbons (Fsp3) is 0.500. The van der Waals surface area contributed by atoms with Crippen LogP contribution in [0, 0.1) is 5.92 Å². The first-order valence-corrected chi connectivity index (χ1v) is 6.92. The zero-order valence-corrected chi connectivity index (χ0v) is 14.2. The molecule has 106 valence electrons. The number of rotatable bonds is 5. The van der Waals surface area contributed by atoms with Crippen molar-refractivity contribution in [2.75, 3.05) is 13.1 Å². The average Bonchev–Trinajstić information content (AvgIpc) is 3.19. The summed E-state index contributed by atoms with van der Waals surface area (Å²) in [4.78, 5) is 4.56. The van der Waals surface area contributed by atoms with Crippen molar-refractivity contribution in [1.82, 2.24) is 10.6 Å². The average molecular weight is 394 g/mol. The normalized spacial score (nSPS) is 14.7. The van der Waals surface area contributed by atoms with Crippen LogP contribution in [0.25, 0.3) is 0 Å². The van der Waals surface area contributed by atoms with Crippen molar-refractivity contribution in [3.8, 4) is 0 Å². The lowest BCUT2D eigenvalue weighted by Crippen LogP contribution is -2.38. The van der Waals surface area contributed by atoms with E-state index in [2.05, 4.69) is 22.5 Å². The SMILES string of the molecule is CCNC(=NCc1ccc(Cl)cc1)NCC1CC1.I. The molecule has 0 radical (unpaired) electrons. The Labute approximate surface area is 137 Å². The van der Waals surface area contributed by atoms with E-state index in [-0.39, 0.29) is 24.0 Å². The molecule has 1 aromatic rings. The number of aliphatic imine (C=N–C) groups is 1.